The van der Waals surface area contributed by atoms with Crippen molar-refractivity contribution >= 4 is 46.9 Å². The second-order valence-electron chi connectivity index (χ2n) is 15.7. The molecule has 5 amide bonds. The molecule has 4 atom stereocenters. The second-order valence-corrected chi connectivity index (χ2v) is 15.7. The van der Waals surface area contributed by atoms with Crippen LogP contribution in [0, 0.1) is 5.92 Å². The molecule has 0 aliphatic rings. The molecule has 0 fully saturated rings. The van der Waals surface area contributed by atoms with Gasteiger partial charge in [-0.25, -0.2) is 4.79 Å². The lowest BCUT2D eigenvalue weighted by Gasteiger charge is -2.25. The molecule has 0 spiro atoms. The average molecular weight is 929 g/mol. The van der Waals surface area contributed by atoms with Crippen LogP contribution in [-0.4, -0.2) is 64.9 Å². The lowest BCUT2D eigenvalue weighted by Crippen LogP contribution is -2.55. The molecule has 9 N–H and O–H groups in total. The van der Waals surface area contributed by atoms with Gasteiger partial charge in [-0.2, -0.15) is 13.2 Å². The number of nitrogens with one attached hydrogen (secondary N) is 4. The van der Waals surface area contributed by atoms with Crippen molar-refractivity contribution in [3.8, 4) is 22.3 Å². The van der Waals surface area contributed by atoms with E-state index in [9.17, 15) is 37.1 Å². The minimum absolute atomic E-state index is 0.139. The number of hydrogen-bond donors (Lipinski definition) is 7. The summed E-state index contributed by atoms with van der Waals surface area (Å²) in [5, 5.41) is 18.8. The van der Waals surface area contributed by atoms with Crippen LogP contribution in [0.5, 0.6) is 0 Å². The first-order chi connectivity index (χ1) is 32.5. The van der Waals surface area contributed by atoms with Gasteiger partial charge in [0, 0.05) is 46.5 Å². The van der Waals surface area contributed by atoms with Crippen molar-refractivity contribution < 1.29 is 47.0 Å². The van der Waals surface area contributed by atoms with Gasteiger partial charge in [-0.1, -0.05) is 154 Å². The summed E-state index contributed by atoms with van der Waals surface area (Å²) in [6, 6.07) is 43.9. The van der Waals surface area contributed by atoms with Gasteiger partial charge in [0.05, 0.1) is 0 Å². The maximum absolute atomic E-state index is 14.4. The summed E-state index contributed by atoms with van der Waals surface area (Å²) in [5.74, 6) is -5.76. The quantitative estimate of drug-likeness (QED) is 0.0451. The summed E-state index contributed by atoms with van der Waals surface area (Å²) >= 11 is 0. The number of aliphatic carboxylic acids is 1. The third-order valence-corrected chi connectivity index (χ3v) is 10.9. The number of anilines is 2. The van der Waals surface area contributed by atoms with Crippen LogP contribution in [-0.2, 0) is 32.0 Å². The monoisotopic (exact) mass is 928 g/mol. The Morgan fingerprint density at radius 3 is 1.40 bits per heavy atom. The summed E-state index contributed by atoms with van der Waals surface area (Å²) in [7, 11) is 0. The second kappa shape index (κ2) is 23.8. The molecule has 6 aromatic carbocycles. The predicted molar refractivity (Wildman–Crippen MR) is 254 cm³/mol. The minimum Gasteiger partial charge on any atom is -0.475 e. The SMILES string of the molecule is CC[C@H](C)[C@H](NC(=O)[C@H](Cc1ccccc1)NC(=O)c1ccccc1-c1ccccc1C(=O)N[C@@H](Cc1ccccc1)C(=O)Nc1ccccc1-c1ccccc1N)C(N)=O.O=C(O)C(F)(F)F. The van der Waals surface area contributed by atoms with Gasteiger partial charge in [-0.3, -0.25) is 24.0 Å². The molecule has 13 nitrogen and oxygen atoms in total. The lowest BCUT2D eigenvalue weighted by atomic mass is 9.93. The summed E-state index contributed by atoms with van der Waals surface area (Å²) < 4.78 is 31.7. The van der Waals surface area contributed by atoms with E-state index < -0.39 is 59.8 Å². The minimum atomic E-state index is -5.08. The molecule has 6 aromatic rings. The largest absolute Gasteiger partial charge is 0.490 e. The van der Waals surface area contributed by atoms with Crippen molar-refractivity contribution in [2.75, 3.05) is 11.1 Å². The number of nitrogen functional groups attached to an aromatic ring is 1. The number of benzene rings is 6. The molecule has 352 valence electrons. The average Bonchev–Trinajstić information content (AvgIpc) is 3.33. The highest BCUT2D eigenvalue weighted by Gasteiger charge is 2.38. The fourth-order valence-corrected chi connectivity index (χ4v) is 7.19. The number of rotatable bonds is 17. The molecule has 0 saturated carbocycles. The van der Waals surface area contributed by atoms with Crippen LogP contribution in [0.3, 0.4) is 0 Å². The number of hydrogen-bond acceptors (Lipinski definition) is 7. The summed E-state index contributed by atoms with van der Waals surface area (Å²) in [4.78, 5) is 78.0. The molecule has 0 unspecified atom stereocenters. The van der Waals surface area contributed by atoms with Crippen molar-refractivity contribution in [3.05, 3.63) is 180 Å². The zero-order chi connectivity index (χ0) is 49.4. The van der Waals surface area contributed by atoms with Crippen LogP contribution in [0.4, 0.5) is 24.5 Å². The van der Waals surface area contributed by atoms with E-state index in [1.807, 2.05) is 111 Å². The number of carbonyl (C=O) groups is 6. The highest BCUT2D eigenvalue weighted by Crippen LogP contribution is 2.32. The highest BCUT2D eigenvalue weighted by atomic mass is 19.4. The smallest absolute Gasteiger partial charge is 0.475 e. The number of carbonyl (C=O) groups excluding carboxylic acids is 5. The van der Waals surface area contributed by atoms with Crippen molar-refractivity contribution in [2.24, 2.45) is 11.7 Å². The van der Waals surface area contributed by atoms with Gasteiger partial charge >= 0.3 is 12.1 Å². The van der Waals surface area contributed by atoms with E-state index in [1.165, 1.54) is 0 Å². The van der Waals surface area contributed by atoms with Gasteiger partial charge in [0.25, 0.3) is 11.8 Å². The Morgan fingerprint density at radius 2 is 0.956 bits per heavy atom. The van der Waals surface area contributed by atoms with E-state index >= 15 is 0 Å². The maximum atomic E-state index is 14.4. The fraction of sp³-hybridized carbons (Fsp3) is 0.192. The summed E-state index contributed by atoms with van der Waals surface area (Å²) in [6.07, 6.45) is -4.16. The van der Waals surface area contributed by atoms with E-state index in [1.54, 1.807) is 60.7 Å². The van der Waals surface area contributed by atoms with Crippen LogP contribution < -0.4 is 32.7 Å². The Hall–Kier alpha value is -8.27. The van der Waals surface area contributed by atoms with Gasteiger partial charge in [-0.05, 0) is 52.4 Å². The molecule has 68 heavy (non-hydrogen) atoms. The van der Waals surface area contributed by atoms with Gasteiger partial charge in [0.15, 0.2) is 0 Å². The Bertz CT molecular complexity index is 2720. The van der Waals surface area contributed by atoms with Gasteiger partial charge < -0.3 is 37.8 Å². The number of amides is 5. The molecule has 0 saturated heterocycles. The number of alkyl halides is 3. The van der Waals surface area contributed by atoms with Crippen molar-refractivity contribution in [1.82, 2.24) is 16.0 Å². The zero-order valence-corrected chi connectivity index (χ0v) is 37.1. The predicted octanol–water partition coefficient (Wildman–Crippen LogP) is 7.57. The lowest BCUT2D eigenvalue weighted by molar-refractivity contribution is -0.192. The maximum Gasteiger partial charge on any atom is 0.490 e. The first-order valence-corrected chi connectivity index (χ1v) is 21.5. The van der Waals surface area contributed by atoms with E-state index in [2.05, 4.69) is 21.3 Å². The first-order valence-electron chi connectivity index (χ1n) is 21.5. The summed E-state index contributed by atoms with van der Waals surface area (Å²) in [5.41, 5.74) is 17.5. The third-order valence-electron chi connectivity index (χ3n) is 10.9. The standard InChI is InChI=1S/C50H50N6O5.C2HF3O2/c1-3-32(2)45(46(52)57)56-50(61)44(31-34-20-8-5-9-21-34)55-48(59)40-27-13-11-23-36(40)35-22-10-12-26-39(35)47(58)54-43(30-33-18-6-4-7-19-33)49(60)53-42-29-17-15-25-38(42)37-24-14-16-28-41(37)51;3-2(4,5)1(6)7/h4-29,32,43-45H,3,30-31,51H2,1-2H3,(H2,52,57)(H,53,60)(H,54,58)(H,55,59)(H,56,61);(H,6,7)/t32-,43-,44-,45-;/m0./s1. The molecule has 0 aliphatic heterocycles. The topological polar surface area (TPSA) is 223 Å². The van der Waals surface area contributed by atoms with Crippen molar-refractivity contribution in [2.45, 2.75) is 57.4 Å². The molecule has 16 heteroatoms. The van der Waals surface area contributed by atoms with Gasteiger partial charge in [0.2, 0.25) is 17.7 Å². The molecule has 0 radical (unpaired) electrons. The third kappa shape index (κ3) is 13.9. The van der Waals surface area contributed by atoms with Crippen LogP contribution >= 0.6 is 0 Å². The molecule has 6 rings (SSSR count). The number of halogens is 3. The molecule has 0 bridgehead atoms. The Balaban J connectivity index is 0.00000114. The van der Waals surface area contributed by atoms with E-state index in [0.29, 0.717) is 28.9 Å². The Labute approximate surface area is 391 Å². The molecule has 0 aliphatic carbocycles. The number of carboxylic acids is 1. The number of primary amides is 1. The fourth-order valence-electron chi connectivity index (χ4n) is 7.19. The molecule has 0 aromatic heterocycles. The molecular weight excluding hydrogens is 878 g/mol. The van der Waals surface area contributed by atoms with Crippen LogP contribution in [0.1, 0.15) is 52.1 Å². The highest BCUT2D eigenvalue weighted by molar-refractivity contribution is 6.09. The normalized spacial score (nSPS) is 12.7. The van der Waals surface area contributed by atoms with Gasteiger partial charge in [0.1, 0.15) is 18.1 Å². The van der Waals surface area contributed by atoms with Crippen LogP contribution in [0.2, 0.25) is 0 Å². The number of para-hydroxylation sites is 2. The van der Waals surface area contributed by atoms with E-state index in [0.717, 1.165) is 22.3 Å². The number of carboxylic acid groups (broad SMARTS) is 1. The van der Waals surface area contributed by atoms with E-state index in [-0.39, 0.29) is 29.9 Å². The zero-order valence-electron chi connectivity index (χ0n) is 37.1. The molecular formula is C52H51F3N6O7. The van der Waals surface area contributed by atoms with Crippen LogP contribution in [0.25, 0.3) is 22.3 Å². The van der Waals surface area contributed by atoms with Crippen molar-refractivity contribution in [1.29, 1.82) is 0 Å². The molecule has 0 heterocycles. The first kappa shape index (κ1) is 50.7. The van der Waals surface area contributed by atoms with E-state index in [4.69, 9.17) is 21.4 Å². The van der Waals surface area contributed by atoms with Crippen LogP contribution in [0.15, 0.2) is 158 Å². The van der Waals surface area contributed by atoms with Gasteiger partial charge in [-0.15, -0.1) is 0 Å². The van der Waals surface area contributed by atoms with Crippen molar-refractivity contribution in [3.63, 3.8) is 0 Å². The Morgan fingerprint density at radius 1 is 0.559 bits per heavy atom. The number of nitrogens with two attached hydrogens (primary N) is 2. The summed E-state index contributed by atoms with van der Waals surface area (Å²) in [6.45, 7) is 3.72. The Kier molecular flexibility index (Phi) is 17.7.